The van der Waals surface area contributed by atoms with Crippen molar-refractivity contribution < 1.29 is 0 Å². The van der Waals surface area contributed by atoms with Crippen LogP contribution in [0.25, 0.3) is 0 Å². The van der Waals surface area contributed by atoms with E-state index in [2.05, 4.69) is 55.2 Å². The molecule has 0 bridgehead atoms. The van der Waals surface area contributed by atoms with Gasteiger partial charge in [-0.25, -0.2) is 0 Å². The molecule has 0 aliphatic carbocycles. The summed E-state index contributed by atoms with van der Waals surface area (Å²) >= 11 is 0. The van der Waals surface area contributed by atoms with Crippen molar-refractivity contribution in [1.29, 1.82) is 0 Å². The summed E-state index contributed by atoms with van der Waals surface area (Å²) in [6.07, 6.45) is 0. The van der Waals surface area contributed by atoms with Crippen LogP contribution in [-0.2, 0) is 6.54 Å². The summed E-state index contributed by atoms with van der Waals surface area (Å²) in [7, 11) is 2.05. The maximum atomic E-state index is 4.25. The van der Waals surface area contributed by atoms with E-state index in [1.807, 2.05) is 12.1 Å². The first kappa shape index (κ1) is 13.9. The largest absolute Gasteiger partial charge is 0.358 e. The number of anilines is 1. The van der Waals surface area contributed by atoms with Crippen LogP contribution in [0.2, 0.25) is 0 Å². The van der Waals surface area contributed by atoms with Crippen molar-refractivity contribution in [1.82, 2.24) is 15.5 Å². The predicted octanol–water partition coefficient (Wildman–Crippen LogP) is 2.07. The molecule has 0 aromatic carbocycles. The van der Waals surface area contributed by atoms with Gasteiger partial charge in [-0.2, -0.15) is 5.10 Å². The fourth-order valence-electron chi connectivity index (χ4n) is 1.60. The maximum Gasteiger partial charge on any atom is 0.150 e. The fourth-order valence-corrected chi connectivity index (χ4v) is 1.60. The van der Waals surface area contributed by atoms with E-state index in [1.165, 1.54) is 0 Å². The lowest BCUT2D eigenvalue weighted by molar-refractivity contribution is 0.576. The van der Waals surface area contributed by atoms with Crippen LogP contribution in [0.5, 0.6) is 0 Å². The third kappa shape index (κ3) is 5.13. The Bertz CT molecular complexity index is 319. The molecule has 4 heteroatoms. The molecular weight excluding hydrogens is 212 g/mol. The van der Waals surface area contributed by atoms with Gasteiger partial charge in [0.05, 0.1) is 5.69 Å². The van der Waals surface area contributed by atoms with Gasteiger partial charge < -0.3 is 10.2 Å². The highest BCUT2D eigenvalue weighted by Gasteiger charge is 2.05. The highest BCUT2D eigenvalue weighted by atomic mass is 15.2. The van der Waals surface area contributed by atoms with Gasteiger partial charge in [-0.3, -0.25) is 0 Å². The Balaban J connectivity index is 2.55. The third-order valence-electron chi connectivity index (χ3n) is 2.43. The molecule has 0 radical (unpaired) electrons. The van der Waals surface area contributed by atoms with Crippen molar-refractivity contribution in [3.05, 3.63) is 17.8 Å². The lowest BCUT2D eigenvalue weighted by Crippen LogP contribution is -2.25. The van der Waals surface area contributed by atoms with E-state index in [1.54, 1.807) is 0 Å². The van der Waals surface area contributed by atoms with Crippen molar-refractivity contribution >= 4 is 5.82 Å². The van der Waals surface area contributed by atoms with Gasteiger partial charge in [0.2, 0.25) is 0 Å². The summed E-state index contributed by atoms with van der Waals surface area (Å²) in [6, 6.07) is 4.54. The SMILES string of the molecule is CC(C)CN(C)c1ccc(CNC(C)C)nn1. The number of nitrogens with one attached hydrogen (secondary N) is 1. The zero-order valence-corrected chi connectivity index (χ0v) is 11.6. The standard InChI is InChI=1S/C13H24N4/c1-10(2)9-17(5)13-7-6-12(15-16-13)8-14-11(3)4/h6-7,10-11,14H,8-9H2,1-5H3. The second-order valence-corrected chi connectivity index (χ2v) is 5.19. The van der Waals surface area contributed by atoms with Gasteiger partial charge in [-0.05, 0) is 18.1 Å². The van der Waals surface area contributed by atoms with E-state index in [0.29, 0.717) is 12.0 Å². The van der Waals surface area contributed by atoms with Crippen LogP contribution in [0, 0.1) is 5.92 Å². The van der Waals surface area contributed by atoms with Crippen LogP contribution in [0.15, 0.2) is 12.1 Å². The van der Waals surface area contributed by atoms with Gasteiger partial charge in [0.1, 0.15) is 0 Å². The minimum absolute atomic E-state index is 0.472. The van der Waals surface area contributed by atoms with E-state index in [9.17, 15) is 0 Å². The Morgan fingerprint density at radius 3 is 2.35 bits per heavy atom. The predicted molar refractivity (Wildman–Crippen MR) is 72.1 cm³/mol. The highest BCUT2D eigenvalue weighted by Crippen LogP contribution is 2.09. The average Bonchev–Trinajstić information content (AvgIpc) is 2.26. The van der Waals surface area contributed by atoms with Crippen LogP contribution in [-0.4, -0.2) is 29.8 Å². The van der Waals surface area contributed by atoms with Crippen LogP contribution in [0.3, 0.4) is 0 Å². The molecule has 96 valence electrons. The van der Waals surface area contributed by atoms with Crippen LogP contribution in [0.4, 0.5) is 5.82 Å². The molecule has 0 atom stereocenters. The molecule has 0 spiro atoms. The molecule has 0 aliphatic rings. The second kappa shape index (κ2) is 6.55. The monoisotopic (exact) mass is 236 g/mol. The van der Waals surface area contributed by atoms with E-state index < -0.39 is 0 Å². The number of aromatic nitrogens is 2. The minimum atomic E-state index is 0.472. The van der Waals surface area contributed by atoms with Crippen molar-refractivity contribution in [2.45, 2.75) is 40.3 Å². The lowest BCUT2D eigenvalue weighted by atomic mass is 10.2. The molecule has 1 heterocycles. The molecule has 0 saturated heterocycles. The summed E-state index contributed by atoms with van der Waals surface area (Å²) in [5.41, 5.74) is 0.986. The summed E-state index contributed by atoms with van der Waals surface area (Å²) in [6.45, 7) is 10.4. The number of hydrogen-bond donors (Lipinski definition) is 1. The van der Waals surface area contributed by atoms with E-state index in [-0.39, 0.29) is 0 Å². The summed E-state index contributed by atoms with van der Waals surface area (Å²) in [5, 5.41) is 11.8. The molecule has 0 fully saturated rings. The summed E-state index contributed by atoms with van der Waals surface area (Å²) < 4.78 is 0. The summed E-state index contributed by atoms with van der Waals surface area (Å²) in [4.78, 5) is 2.14. The molecule has 0 saturated carbocycles. The molecule has 0 amide bonds. The highest BCUT2D eigenvalue weighted by molar-refractivity contribution is 5.36. The Morgan fingerprint density at radius 2 is 1.88 bits per heavy atom. The average molecular weight is 236 g/mol. The lowest BCUT2D eigenvalue weighted by Gasteiger charge is -2.19. The first-order valence-electron chi connectivity index (χ1n) is 6.26. The Hall–Kier alpha value is -1.16. The van der Waals surface area contributed by atoms with E-state index in [0.717, 1.165) is 24.6 Å². The normalized spacial score (nSPS) is 11.2. The second-order valence-electron chi connectivity index (χ2n) is 5.19. The molecule has 0 aliphatic heterocycles. The van der Waals surface area contributed by atoms with Crippen molar-refractivity contribution in [2.24, 2.45) is 5.92 Å². The molecule has 1 N–H and O–H groups in total. The zero-order valence-electron chi connectivity index (χ0n) is 11.6. The van der Waals surface area contributed by atoms with E-state index in [4.69, 9.17) is 0 Å². The zero-order chi connectivity index (χ0) is 12.8. The molecule has 1 aromatic rings. The van der Waals surface area contributed by atoms with Crippen molar-refractivity contribution in [2.75, 3.05) is 18.5 Å². The molecular formula is C13H24N4. The molecule has 1 aromatic heterocycles. The van der Waals surface area contributed by atoms with Gasteiger partial charge in [-0.1, -0.05) is 27.7 Å². The van der Waals surface area contributed by atoms with Gasteiger partial charge in [-0.15, -0.1) is 5.10 Å². The fraction of sp³-hybridized carbons (Fsp3) is 0.692. The molecule has 0 unspecified atom stereocenters. The topological polar surface area (TPSA) is 41.0 Å². The third-order valence-corrected chi connectivity index (χ3v) is 2.43. The van der Waals surface area contributed by atoms with Crippen molar-refractivity contribution in [3.8, 4) is 0 Å². The Kier molecular flexibility index (Phi) is 5.35. The van der Waals surface area contributed by atoms with Crippen LogP contribution < -0.4 is 10.2 Å². The van der Waals surface area contributed by atoms with Gasteiger partial charge in [0.25, 0.3) is 0 Å². The van der Waals surface area contributed by atoms with E-state index >= 15 is 0 Å². The number of rotatable bonds is 6. The van der Waals surface area contributed by atoms with Crippen LogP contribution in [0.1, 0.15) is 33.4 Å². The Labute approximate surface area is 104 Å². The maximum absolute atomic E-state index is 4.25. The number of nitrogens with zero attached hydrogens (tertiary/aromatic N) is 3. The first-order chi connectivity index (χ1) is 7.99. The van der Waals surface area contributed by atoms with Crippen molar-refractivity contribution in [3.63, 3.8) is 0 Å². The van der Waals surface area contributed by atoms with Gasteiger partial charge >= 0.3 is 0 Å². The smallest absolute Gasteiger partial charge is 0.150 e. The van der Waals surface area contributed by atoms with Gasteiger partial charge in [0.15, 0.2) is 5.82 Å². The van der Waals surface area contributed by atoms with Gasteiger partial charge in [0, 0.05) is 26.2 Å². The first-order valence-corrected chi connectivity index (χ1v) is 6.26. The minimum Gasteiger partial charge on any atom is -0.358 e. The summed E-state index contributed by atoms with van der Waals surface area (Å²) in [5.74, 6) is 1.57. The molecule has 1 rings (SSSR count). The quantitative estimate of drug-likeness (QED) is 0.821. The van der Waals surface area contributed by atoms with Crippen LogP contribution >= 0.6 is 0 Å². The molecule has 17 heavy (non-hydrogen) atoms. The molecule has 4 nitrogen and oxygen atoms in total. The number of hydrogen-bond acceptors (Lipinski definition) is 4. The Morgan fingerprint density at radius 1 is 1.18 bits per heavy atom.